The fourth-order valence-corrected chi connectivity index (χ4v) is 2.11. The van der Waals surface area contributed by atoms with Crippen molar-refractivity contribution >= 4 is 17.3 Å². The van der Waals surface area contributed by atoms with Gasteiger partial charge in [0.2, 0.25) is 5.91 Å². The van der Waals surface area contributed by atoms with Crippen molar-refractivity contribution in [3.05, 3.63) is 48.3 Å². The van der Waals surface area contributed by atoms with Crippen molar-refractivity contribution in [2.24, 2.45) is 0 Å². The molecule has 2 aromatic carbocycles. The molecule has 2 N–H and O–H groups in total. The number of halogens is 1. The fourth-order valence-electron chi connectivity index (χ4n) is 2.11. The Labute approximate surface area is 140 Å². The molecule has 0 unspecified atom stereocenters. The highest BCUT2D eigenvalue weighted by atomic mass is 19.1. The number of hydrogen-bond donors (Lipinski definition) is 2. The van der Waals surface area contributed by atoms with E-state index in [9.17, 15) is 9.18 Å². The van der Waals surface area contributed by atoms with E-state index in [0.29, 0.717) is 36.1 Å². The summed E-state index contributed by atoms with van der Waals surface area (Å²) in [5.74, 6) is 0.615. The Hall–Kier alpha value is -2.76. The molecule has 0 spiro atoms. The molecule has 0 radical (unpaired) electrons. The molecule has 24 heavy (non-hydrogen) atoms. The Morgan fingerprint density at radius 1 is 1.00 bits per heavy atom. The lowest BCUT2D eigenvalue weighted by Gasteiger charge is -2.13. The minimum atomic E-state index is -0.353. The predicted octanol–water partition coefficient (Wildman–Crippen LogP) is 3.67. The van der Waals surface area contributed by atoms with Crippen LogP contribution < -0.4 is 20.1 Å². The molecule has 0 aliphatic heterocycles. The third kappa shape index (κ3) is 5.15. The average Bonchev–Trinajstić information content (AvgIpc) is 2.56. The molecule has 2 rings (SSSR count). The molecule has 1 amide bonds. The van der Waals surface area contributed by atoms with E-state index in [2.05, 4.69) is 10.6 Å². The number of rotatable bonds is 8. The molecule has 0 bridgehead atoms. The third-order valence-electron chi connectivity index (χ3n) is 3.10. The van der Waals surface area contributed by atoms with Crippen molar-refractivity contribution in [3.8, 4) is 11.5 Å². The maximum Gasteiger partial charge on any atom is 0.243 e. The Morgan fingerprint density at radius 2 is 1.75 bits per heavy atom. The van der Waals surface area contributed by atoms with E-state index in [-0.39, 0.29) is 18.3 Å². The zero-order chi connectivity index (χ0) is 17.4. The quantitative estimate of drug-likeness (QED) is 0.774. The van der Waals surface area contributed by atoms with Gasteiger partial charge in [0.15, 0.2) is 11.5 Å². The smallest absolute Gasteiger partial charge is 0.243 e. The normalized spacial score (nSPS) is 10.1. The van der Waals surface area contributed by atoms with Gasteiger partial charge in [-0.05, 0) is 44.2 Å². The maximum atomic E-state index is 13.1. The van der Waals surface area contributed by atoms with E-state index in [4.69, 9.17) is 9.47 Å². The second-order valence-electron chi connectivity index (χ2n) is 4.94. The molecule has 6 heteroatoms. The Balaban J connectivity index is 1.96. The number of hydrogen-bond acceptors (Lipinski definition) is 4. The summed E-state index contributed by atoms with van der Waals surface area (Å²) in [4.78, 5) is 12.0. The summed E-state index contributed by atoms with van der Waals surface area (Å²) < 4.78 is 24.1. The first-order valence-corrected chi connectivity index (χ1v) is 7.81. The van der Waals surface area contributed by atoms with Gasteiger partial charge < -0.3 is 20.1 Å². The van der Waals surface area contributed by atoms with Crippen LogP contribution in [0.1, 0.15) is 13.8 Å². The van der Waals surface area contributed by atoms with Gasteiger partial charge in [0.1, 0.15) is 5.82 Å². The van der Waals surface area contributed by atoms with Crippen LogP contribution in [0.3, 0.4) is 0 Å². The highest BCUT2D eigenvalue weighted by Gasteiger charge is 2.08. The largest absolute Gasteiger partial charge is 0.490 e. The number of nitrogens with one attached hydrogen (secondary N) is 2. The van der Waals surface area contributed by atoms with Gasteiger partial charge in [-0.15, -0.1) is 0 Å². The first-order chi connectivity index (χ1) is 11.6. The molecule has 0 aliphatic carbocycles. The molecule has 0 atom stereocenters. The highest BCUT2D eigenvalue weighted by molar-refractivity contribution is 5.94. The van der Waals surface area contributed by atoms with Gasteiger partial charge in [0, 0.05) is 17.4 Å². The number of amides is 1. The second kappa shape index (κ2) is 8.76. The van der Waals surface area contributed by atoms with Crippen molar-refractivity contribution in [1.29, 1.82) is 0 Å². The average molecular weight is 332 g/mol. The standard InChI is InChI=1S/C18H21FN2O3/c1-3-23-16-9-8-15(11-17(16)24-4-2)21-18(22)12-20-14-7-5-6-13(19)10-14/h5-11,20H,3-4,12H2,1-2H3,(H,21,22). The van der Waals surface area contributed by atoms with Crippen LogP contribution in [0.25, 0.3) is 0 Å². The molecule has 0 saturated heterocycles. The van der Waals surface area contributed by atoms with Crippen molar-refractivity contribution in [3.63, 3.8) is 0 Å². The van der Waals surface area contributed by atoms with E-state index < -0.39 is 0 Å². The molecule has 0 saturated carbocycles. The van der Waals surface area contributed by atoms with Crippen LogP contribution in [0.5, 0.6) is 11.5 Å². The first kappa shape index (κ1) is 17.6. The van der Waals surface area contributed by atoms with Crippen LogP contribution in [0.15, 0.2) is 42.5 Å². The van der Waals surface area contributed by atoms with Gasteiger partial charge in [0.25, 0.3) is 0 Å². The van der Waals surface area contributed by atoms with E-state index in [1.807, 2.05) is 13.8 Å². The molecule has 0 aliphatic rings. The van der Waals surface area contributed by atoms with Gasteiger partial charge in [-0.25, -0.2) is 4.39 Å². The summed E-state index contributed by atoms with van der Waals surface area (Å²) >= 11 is 0. The zero-order valence-electron chi connectivity index (χ0n) is 13.8. The summed E-state index contributed by atoms with van der Waals surface area (Å²) in [5, 5.41) is 5.63. The van der Waals surface area contributed by atoms with Crippen LogP contribution >= 0.6 is 0 Å². The van der Waals surface area contributed by atoms with E-state index in [1.165, 1.54) is 12.1 Å². The summed E-state index contributed by atoms with van der Waals surface area (Å²) in [7, 11) is 0. The lowest BCUT2D eigenvalue weighted by Crippen LogP contribution is -2.21. The number of anilines is 2. The maximum absolute atomic E-state index is 13.1. The second-order valence-corrected chi connectivity index (χ2v) is 4.94. The number of carbonyl (C=O) groups is 1. The minimum Gasteiger partial charge on any atom is -0.490 e. The van der Waals surface area contributed by atoms with E-state index in [0.717, 1.165) is 0 Å². The molecule has 5 nitrogen and oxygen atoms in total. The van der Waals surface area contributed by atoms with Gasteiger partial charge in [-0.2, -0.15) is 0 Å². The lowest BCUT2D eigenvalue weighted by molar-refractivity contribution is -0.114. The fraction of sp³-hybridized carbons (Fsp3) is 0.278. The van der Waals surface area contributed by atoms with Gasteiger partial charge in [-0.1, -0.05) is 6.07 Å². The SMILES string of the molecule is CCOc1ccc(NC(=O)CNc2cccc(F)c2)cc1OCC. The number of benzene rings is 2. The minimum absolute atomic E-state index is 0.0284. The topological polar surface area (TPSA) is 59.6 Å². The van der Waals surface area contributed by atoms with Crippen LogP contribution in [-0.2, 0) is 4.79 Å². The molecule has 0 aromatic heterocycles. The number of ether oxygens (including phenoxy) is 2. The summed E-state index contributed by atoms with van der Waals surface area (Å²) in [6.45, 7) is 4.83. The zero-order valence-corrected chi connectivity index (χ0v) is 13.8. The predicted molar refractivity (Wildman–Crippen MR) is 92.3 cm³/mol. The molecule has 0 heterocycles. The molecule has 128 valence electrons. The molecular weight excluding hydrogens is 311 g/mol. The van der Waals surface area contributed by atoms with Crippen LogP contribution in [-0.4, -0.2) is 25.7 Å². The summed E-state index contributed by atoms with van der Waals surface area (Å²) in [6, 6.07) is 11.2. The van der Waals surface area contributed by atoms with Crippen LogP contribution in [0.2, 0.25) is 0 Å². The monoisotopic (exact) mass is 332 g/mol. The third-order valence-corrected chi connectivity index (χ3v) is 3.10. The summed E-state index contributed by atoms with van der Waals surface area (Å²) in [6.07, 6.45) is 0. The Morgan fingerprint density at radius 3 is 2.46 bits per heavy atom. The van der Waals surface area contributed by atoms with Gasteiger partial charge in [-0.3, -0.25) is 4.79 Å². The van der Waals surface area contributed by atoms with Gasteiger partial charge in [0.05, 0.1) is 19.8 Å². The lowest BCUT2D eigenvalue weighted by atomic mass is 10.2. The Bertz CT molecular complexity index is 692. The number of carbonyl (C=O) groups excluding carboxylic acids is 1. The molecular formula is C18H21FN2O3. The van der Waals surface area contributed by atoms with E-state index >= 15 is 0 Å². The molecule has 0 fully saturated rings. The Kier molecular flexibility index (Phi) is 6.42. The van der Waals surface area contributed by atoms with Crippen molar-refractivity contribution < 1.29 is 18.7 Å². The highest BCUT2D eigenvalue weighted by Crippen LogP contribution is 2.30. The van der Waals surface area contributed by atoms with Crippen molar-refractivity contribution in [2.45, 2.75) is 13.8 Å². The van der Waals surface area contributed by atoms with Crippen molar-refractivity contribution in [2.75, 3.05) is 30.4 Å². The van der Waals surface area contributed by atoms with Crippen LogP contribution in [0, 0.1) is 5.82 Å². The van der Waals surface area contributed by atoms with E-state index in [1.54, 1.807) is 30.3 Å². The van der Waals surface area contributed by atoms with Crippen LogP contribution in [0.4, 0.5) is 15.8 Å². The van der Waals surface area contributed by atoms with Crippen molar-refractivity contribution in [1.82, 2.24) is 0 Å². The molecule has 2 aromatic rings. The van der Waals surface area contributed by atoms with Gasteiger partial charge >= 0.3 is 0 Å². The summed E-state index contributed by atoms with van der Waals surface area (Å²) in [5.41, 5.74) is 1.15. The first-order valence-electron chi connectivity index (χ1n) is 7.81.